The number of nitrogens with one attached hydrogen (secondary N) is 1. The highest BCUT2D eigenvalue weighted by Gasteiger charge is 2.51. The van der Waals surface area contributed by atoms with Crippen molar-refractivity contribution in [2.75, 3.05) is 44.2 Å². The van der Waals surface area contributed by atoms with Crippen LogP contribution in [0.15, 0.2) is 55.0 Å². The van der Waals surface area contributed by atoms with Gasteiger partial charge in [-0.1, -0.05) is 17.4 Å². The molecule has 13 nitrogen and oxygen atoms in total. The van der Waals surface area contributed by atoms with Gasteiger partial charge in [-0.2, -0.15) is 5.10 Å². The Labute approximate surface area is 287 Å². The molecular weight excluding hydrogens is 641 g/mol. The number of likely N-dealkylation sites (tertiary alicyclic amines) is 1. The number of imidazole rings is 1. The van der Waals surface area contributed by atoms with Crippen LogP contribution < -0.4 is 9.64 Å². The van der Waals surface area contributed by atoms with Crippen LogP contribution in [-0.4, -0.2) is 102 Å². The molecule has 14 heteroatoms. The maximum atomic E-state index is 14.0. The normalized spacial score (nSPS) is 19.9. The predicted molar refractivity (Wildman–Crippen MR) is 187 cm³/mol. The van der Waals surface area contributed by atoms with Crippen LogP contribution in [0.5, 0.6) is 5.75 Å². The molecule has 0 saturated carbocycles. The summed E-state index contributed by atoms with van der Waals surface area (Å²) in [4.78, 5) is 42.5. The van der Waals surface area contributed by atoms with Crippen LogP contribution in [0.3, 0.4) is 0 Å². The van der Waals surface area contributed by atoms with Crippen molar-refractivity contribution in [2.24, 2.45) is 12.5 Å². The van der Waals surface area contributed by atoms with Gasteiger partial charge in [0.2, 0.25) is 11.8 Å². The van der Waals surface area contributed by atoms with E-state index < -0.39 is 5.41 Å². The van der Waals surface area contributed by atoms with Gasteiger partial charge in [0.25, 0.3) is 0 Å². The molecule has 0 radical (unpaired) electrons. The minimum Gasteiger partial charge on any atom is -0.491 e. The van der Waals surface area contributed by atoms with Crippen LogP contribution in [0.2, 0.25) is 0 Å². The quantitative estimate of drug-likeness (QED) is 0.253. The van der Waals surface area contributed by atoms with Crippen molar-refractivity contribution in [1.82, 2.24) is 44.7 Å². The number of amides is 2. The Morgan fingerprint density at radius 3 is 2.63 bits per heavy atom. The second-order valence-corrected chi connectivity index (χ2v) is 14.4. The van der Waals surface area contributed by atoms with Crippen LogP contribution in [0, 0.1) is 5.41 Å². The number of fused-ring (bicyclic) bond motifs is 1. The third kappa shape index (κ3) is 5.99. The zero-order valence-electron chi connectivity index (χ0n) is 27.8. The Morgan fingerprint density at radius 2 is 1.88 bits per heavy atom. The molecule has 49 heavy (non-hydrogen) atoms. The van der Waals surface area contributed by atoms with Crippen LogP contribution in [-0.2, 0) is 16.6 Å². The van der Waals surface area contributed by atoms with Crippen molar-refractivity contribution in [3.8, 4) is 27.7 Å². The summed E-state index contributed by atoms with van der Waals surface area (Å²) < 4.78 is 7.68. The van der Waals surface area contributed by atoms with Crippen molar-refractivity contribution in [2.45, 2.75) is 39.2 Å². The molecule has 0 unspecified atom stereocenters. The van der Waals surface area contributed by atoms with Gasteiger partial charge in [0.05, 0.1) is 29.9 Å². The van der Waals surface area contributed by atoms with Crippen molar-refractivity contribution < 1.29 is 14.3 Å². The summed E-state index contributed by atoms with van der Waals surface area (Å²) in [5.74, 6) is 1.60. The average Bonchev–Trinajstić information content (AvgIpc) is 3.94. The van der Waals surface area contributed by atoms with Gasteiger partial charge in [0.15, 0.2) is 5.01 Å². The zero-order valence-corrected chi connectivity index (χ0v) is 28.6. The number of aromatic nitrogens is 7. The lowest BCUT2D eigenvalue weighted by atomic mass is 9.85. The summed E-state index contributed by atoms with van der Waals surface area (Å²) in [5, 5.41) is 18.0. The number of carbonyl (C=O) groups is 2. The second kappa shape index (κ2) is 12.5. The maximum absolute atomic E-state index is 14.0. The van der Waals surface area contributed by atoms with Gasteiger partial charge in [-0.05, 0) is 81.6 Å². The van der Waals surface area contributed by atoms with Crippen LogP contribution in [0.4, 0.5) is 5.82 Å². The molecule has 3 aliphatic rings. The van der Waals surface area contributed by atoms with Gasteiger partial charge >= 0.3 is 0 Å². The van der Waals surface area contributed by atoms with Crippen molar-refractivity contribution >= 4 is 45.6 Å². The molecule has 1 N–H and O–H groups in total. The third-order valence-corrected chi connectivity index (χ3v) is 10.7. The minimum absolute atomic E-state index is 0.0854. The average molecular weight is 679 g/mol. The number of pyridine rings is 1. The molecule has 3 aliphatic heterocycles. The van der Waals surface area contributed by atoms with Gasteiger partial charge < -0.3 is 14.2 Å². The first-order valence-electron chi connectivity index (χ1n) is 16.7. The fraction of sp³-hybridized carbons (Fsp3) is 0.400. The lowest BCUT2D eigenvalue weighted by Crippen LogP contribution is -2.43. The highest BCUT2D eigenvalue weighted by molar-refractivity contribution is 7.15. The number of aromatic amines is 1. The van der Waals surface area contributed by atoms with Crippen molar-refractivity contribution in [1.29, 1.82) is 0 Å². The molecule has 2 saturated heterocycles. The number of anilines is 1. The van der Waals surface area contributed by atoms with E-state index in [4.69, 9.17) is 9.72 Å². The Balaban J connectivity index is 0.896. The minimum atomic E-state index is -0.499. The standard InChI is InChI=1S/C35H38N10O3S/c1-22(2)48-25-6-4-23(5-7-25)30-31-26(38-39-30)8-9-28(37-31)45-17-13-35(34(45)47)12-16-43(20-35)19-29(46)44-14-10-24(11-15-44)32-40-41-33(49-32)27-18-42(3)21-36-27/h4-10,18,21-22H,11-17,19-20H2,1-3H3,(H,38,39)/t35-/m0/s1. The number of ether oxygens (including phenoxy) is 1. The van der Waals surface area contributed by atoms with E-state index in [-0.39, 0.29) is 17.9 Å². The van der Waals surface area contributed by atoms with Crippen LogP contribution in [0.25, 0.3) is 38.6 Å². The monoisotopic (exact) mass is 678 g/mol. The molecule has 252 valence electrons. The number of hydrogen-bond donors (Lipinski definition) is 1. The van der Waals surface area contributed by atoms with Gasteiger partial charge in [-0.25, -0.2) is 9.97 Å². The first-order valence-corrected chi connectivity index (χ1v) is 17.5. The third-order valence-electron chi connectivity index (χ3n) is 9.66. The van der Waals surface area contributed by atoms with Gasteiger partial charge in [-0.15, -0.1) is 10.2 Å². The topological polar surface area (TPSA) is 138 Å². The number of nitrogens with zero attached hydrogens (tertiary/aromatic N) is 9. The first kappa shape index (κ1) is 31.3. The Kier molecular flexibility index (Phi) is 7.99. The number of aryl methyl sites for hydroxylation is 1. The highest BCUT2D eigenvalue weighted by Crippen LogP contribution is 2.42. The van der Waals surface area contributed by atoms with E-state index in [0.717, 1.165) is 75.1 Å². The number of hydrogen-bond acceptors (Lipinski definition) is 10. The zero-order chi connectivity index (χ0) is 33.7. The number of carbonyl (C=O) groups excluding carboxylic acids is 2. The van der Waals surface area contributed by atoms with E-state index in [9.17, 15) is 9.59 Å². The van der Waals surface area contributed by atoms with E-state index in [1.54, 1.807) is 6.33 Å². The number of benzene rings is 1. The van der Waals surface area contributed by atoms with E-state index in [1.165, 1.54) is 11.3 Å². The molecule has 1 spiro atoms. The molecule has 7 heterocycles. The molecule has 2 fully saturated rings. The van der Waals surface area contributed by atoms with E-state index in [1.807, 2.05) is 77.9 Å². The van der Waals surface area contributed by atoms with E-state index in [2.05, 4.69) is 36.4 Å². The summed E-state index contributed by atoms with van der Waals surface area (Å²) in [7, 11) is 1.93. The molecule has 5 aromatic rings. The van der Waals surface area contributed by atoms with E-state index >= 15 is 0 Å². The Bertz CT molecular complexity index is 2060. The Morgan fingerprint density at radius 1 is 1.06 bits per heavy atom. The van der Waals surface area contributed by atoms with Crippen LogP contribution in [0.1, 0.15) is 38.1 Å². The molecule has 4 aromatic heterocycles. The lowest BCUT2D eigenvalue weighted by Gasteiger charge is -2.28. The molecule has 0 aliphatic carbocycles. The summed E-state index contributed by atoms with van der Waals surface area (Å²) in [5.41, 5.74) is 4.61. The first-order chi connectivity index (χ1) is 23.7. The lowest BCUT2D eigenvalue weighted by molar-refractivity contribution is -0.132. The molecule has 1 aromatic carbocycles. The predicted octanol–water partition coefficient (Wildman–Crippen LogP) is 4.41. The van der Waals surface area contributed by atoms with Crippen molar-refractivity contribution in [3.63, 3.8) is 0 Å². The molecule has 8 rings (SSSR count). The molecule has 2 amide bonds. The molecular formula is C35H38N10O3S. The summed E-state index contributed by atoms with van der Waals surface area (Å²) >= 11 is 1.53. The molecule has 0 bridgehead atoms. The van der Waals surface area contributed by atoms with Gasteiger partial charge in [0, 0.05) is 45.0 Å². The summed E-state index contributed by atoms with van der Waals surface area (Å²) in [6.07, 6.45) is 8.06. The second-order valence-electron chi connectivity index (χ2n) is 13.4. The fourth-order valence-electron chi connectivity index (χ4n) is 7.08. The maximum Gasteiger partial charge on any atom is 0.237 e. The highest BCUT2D eigenvalue weighted by atomic mass is 32.1. The van der Waals surface area contributed by atoms with E-state index in [0.29, 0.717) is 38.5 Å². The van der Waals surface area contributed by atoms with Crippen molar-refractivity contribution in [3.05, 3.63) is 60.0 Å². The smallest absolute Gasteiger partial charge is 0.237 e. The SMILES string of the molecule is CC(C)Oc1ccc(-c2n[nH]c3ccc(N4CC[C@]5(CCN(CC(=O)N6CC=C(c7nnc(-c8cn(C)cn8)s7)CC6)C5)C4=O)nc23)cc1. The Hall–Kier alpha value is -4.95. The fourth-order valence-corrected chi connectivity index (χ4v) is 7.95. The van der Waals surface area contributed by atoms with Gasteiger partial charge in [0.1, 0.15) is 33.5 Å². The summed E-state index contributed by atoms with van der Waals surface area (Å²) in [6.45, 7) is 7.37. The molecule has 1 atom stereocenters. The largest absolute Gasteiger partial charge is 0.491 e. The number of H-pyrrole nitrogens is 1. The van der Waals surface area contributed by atoms with Gasteiger partial charge in [-0.3, -0.25) is 24.5 Å². The van der Waals surface area contributed by atoms with Crippen LogP contribution >= 0.6 is 11.3 Å². The summed E-state index contributed by atoms with van der Waals surface area (Å²) in [6, 6.07) is 11.6. The number of rotatable bonds is 8.